The number of piperidine rings is 1. The fourth-order valence-electron chi connectivity index (χ4n) is 5.14. The van der Waals surface area contributed by atoms with Gasteiger partial charge in [0.05, 0.1) is 12.2 Å². The number of aromatic nitrogens is 2. The van der Waals surface area contributed by atoms with Gasteiger partial charge in [0.15, 0.2) is 0 Å². The number of carbonyl (C=O) groups excluding carboxylic acids is 1. The summed E-state index contributed by atoms with van der Waals surface area (Å²) < 4.78 is 17.5. The number of H-pyrrole nitrogens is 1. The van der Waals surface area contributed by atoms with Crippen LogP contribution in [0.2, 0.25) is 0 Å². The molecular weight excluding hydrogens is 432 g/mol. The van der Waals surface area contributed by atoms with Crippen LogP contribution >= 0.6 is 0 Å². The van der Waals surface area contributed by atoms with Crippen molar-refractivity contribution in [2.75, 3.05) is 32.8 Å². The molecule has 2 saturated heterocycles. The lowest BCUT2D eigenvalue weighted by molar-refractivity contribution is 0.0936. The van der Waals surface area contributed by atoms with E-state index in [9.17, 15) is 4.79 Å². The third-order valence-corrected chi connectivity index (χ3v) is 6.93. The zero-order chi connectivity index (χ0) is 22.9. The van der Waals surface area contributed by atoms with E-state index < -0.39 is 0 Å². The molecule has 8 nitrogen and oxygen atoms in total. The molecule has 0 spiro atoms. The maximum atomic E-state index is 11.8. The van der Waals surface area contributed by atoms with Crippen molar-refractivity contribution in [1.82, 2.24) is 20.0 Å². The van der Waals surface area contributed by atoms with Gasteiger partial charge in [-0.1, -0.05) is 6.07 Å². The van der Waals surface area contributed by atoms with Gasteiger partial charge >= 0.3 is 6.09 Å². The molecule has 0 saturated carbocycles. The molecule has 2 aromatic carbocycles. The molecule has 0 aliphatic carbocycles. The summed E-state index contributed by atoms with van der Waals surface area (Å²) in [5, 5.41) is 6.96. The lowest BCUT2D eigenvalue weighted by Crippen LogP contribution is -2.47. The number of fused-ring (bicyclic) bond motifs is 1. The third kappa shape index (κ3) is 4.33. The number of carbonyl (C=O) groups is 1. The molecule has 0 bridgehead atoms. The number of rotatable bonds is 6. The van der Waals surface area contributed by atoms with Gasteiger partial charge in [-0.3, -0.25) is 10.00 Å². The molecule has 1 aromatic heterocycles. The van der Waals surface area contributed by atoms with Gasteiger partial charge in [0.2, 0.25) is 0 Å². The van der Waals surface area contributed by atoms with Gasteiger partial charge in [-0.05, 0) is 60.4 Å². The minimum atomic E-state index is -0.153. The molecule has 3 aliphatic heterocycles. The van der Waals surface area contributed by atoms with Crippen molar-refractivity contribution in [2.45, 2.75) is 31.4 Å². The number of likely N-dealkylation sites (tertiary alicyclic amines) is 1. The largest absolute Gasteiger partial charge is 0.488 e. The van der Waals surface area contributed by atoms with E-state index >= 15 is 0 Å². The minimum absolute atomic E-state index is 0.146. The minimum Gasteiger partial charge on any atom is -0.488 e. The lowest BCUT2D eigenvalue weighted by Gasteiger charge is -2.36. The van der Waals surface area contributed by atoms with Crippen molar-refractivity contribution >= 4 is 6.09 Å². The molecule has 2 fully saturated rings. The number of hydrogen-bond donors (Lipinski definition) is 1. The summed E-state index contributed by atoms with van der Waals surface area (Å²) in [6.45, 7) is 4.11. The summed E-state index contributed by atoms with van der Waals surface area (Å²) in [5.41, 5.74) is 3.27. The molecule has 0 radical (unpaired) electrons. The molecule has 8 heteroatoms. The van der Waals surface area contributed by atoms with E-state index in [1.807, 2.05) is 47.4 Å². The molecule has 34 heavy (non-hydrogen) atoms. The topological polar surface area (TPSA) is 79.9 Å². The third-order valence-electron chi connectivity index (χ3n) is 6.93. The van der Waals surface area contributed by atoms with Crippen molar-refractivity contribution < 1.29 is 19.0 Å². The molecule has 3 aliphatic rings. The van der Waals surface area contributed by atoms with Crippen molar-refractivity contribution in [1.29, 1.82) is 0 Å². The first-order valence-electron chi connectivity index (χ1n) is 11.9. The summed E-state index contributed by atoms with van der Waals surface area (Å²) >= 11 is 0. The second kappa shape index (κ2) is 9.02. The van der Waals surface area contributed by atoms with Crippen molar-refractivity contribution in [3.05, 3.63) is 60.3 Å². The van der Waals surface area contributed by atoms with Crippen LogP contribution in [0.15, 0.2) is 54.7 Å². The van der Waals surface area contributed by atoms with E-state index in [1.54, 1.807) is 6.20 Å². The van der Waals surface area contributed by atoms with Gasteiger partial charge in [0, 0.05) is 44.4 Å². The number of benzene rings is 2. The predicted octanol–water partition coefficient (Wildman–Crippen LogP) is 4.09. The summed E-state index contributed by atoms with van der Waals surface area (Å²) in [7, 11) is 0. The molecular formula is C26H28N4O4. The summed E-state index contributed by atoms with van der Waals surface area (Å²) in [6, 6.07) is 16.3. The molecule has 1 unspecified atom stereocenters. The maximum absolute atomic E-state index is 11.8. The standard InChI is InChI=1S/C26H28N4O4/c31-26-30(13-14-32-26)20-8-11-29(12-9-20)17-23-15-19-3-6-22(16-25(19)34-23)33-21-4-1-18(2-5-21)24-7-10-27-28-24/h1-7,10,16,20,23H,8-9,11-15,17H2,(H,27,28). The normalized spacial score (nSPS) is 20.8. The number of nitrogens with zero attached hydrogens (tertiary/aromatic N) is 3. The number of ether oxygens (including phenoxy) is 3. The predicted molar refractivity (Wildman–Crippen MR) is 126 cm³/mol. The number of aromatic amines is 1. The van der Waals surface area contributed by atoms with Gasteiger partial charge < -0.3 is 19.1 Å². The Morgan fingerprint density at radius 1 is 1.03 bits per heavy atom. The van der Waals surface area contributed by atoms with E-state index in [-0.39, 0.29) is 12.2 Å². The Hall–Kier alpha value is -3.52. The van der Waals surface area contributed by atoms with E-state index in [1.165, 1.54) is 5.56 Å². The number of hydrogen-bond acceptors (Lipinski definition) is 6. The molecule has 1 amide bonds. The van der Waals surface area contributed by atoms with Crippen molar-refractivity contribution in [3.63, 3.8) is 0 Å². The van der Waals surface area contributed by atoms with E-state index in [2.05, 4.69) is 21.2 Å². The number of nitrogens with one attached hydrogen (secondary N) is 1. The Bertz CT molecular complexity index is 1140. The Kier molecular flexibility index (Phi) is 5.58. The average molecular weight is 461 g/mol. The van der Waals surface area contributed by atoms with Crippen molar-refractivity contribution in [3.8, 4) is 28.5 Å². The van der Waals surface area contributed by atoms with Crippen LogP contribution in [0.5, 0.6) is 17.2 Å². The first kappa shape index (κ1) is 21.0. The van der Waals surface area contributed by atoms with E-state index in [4.69, 9.17) is 14.2 Å². The average Bonchev–Trinajstić information content (AvgIpc) is 3.61. The van der Waals surface area contributed by atoms with Crippen LogP contribution in [0.4, 0.5) is 4.79 Å². The summed E-state index contributed by atoms with van der Waals surface area (Å²) in [4.78, 5) is 16.2. The molecule has 1 atom stereocenters. The summed E-state index contributed by atoms with van der Waals surface area (Å²) in [5.74, 6) is 2.46. The Morgan fingerprint density at radius 2 is 1.85 bits per heavy atom. The number of cyclic esters (lactones) is 1. The monoisotopic (exact) mass is 460 g/mol. The molecule has 4 heterocycles. The van der Waals surface area contributed by atoms with Crippen LogP contribution in [0.25, 0.3) is 11.3 Å². The first-order valence-corrected chi connectivity index (χ1v) is 11.9. The first-order chi connectivity index (χ1) is 16.7. The second-order valence-electron chi connectivity index (χ2n) is 9.15. The van der Waals surface area contributed by atoms with E-state index in [0.29, 0.717) is 12.6 Å². The maximum Gasteiger partial charge on any atom is 0.410 e. The lowest BCUT2D eigenvalue weighted by atomic mass is 10.0. The summed E-state index contributed by atoms with van der Waals surface area (Å²) in [6.07, 6.45) is 4.63. The van der Waals surface area contributed by atoms with Gasteiger partial charge in [0.1, 0.15) is 30.0 Å². The fourth-order valence-corrected chi connectivity index (χ4v) is 5.14. The van der Waals surface area contributed by atoms with Crippen LogP contribution in [0.3, 0.4) is 0 Å². The van der Waals surface area contributed by atoms with Crippen LogP contribution in [-0.2, 0) is 11.2 Å². The van der Waals surface area contributed by atoms with Gasteiger partial charge in [-0.2, -0.15) is 5.10 Å². The molecule has 6 rings (SSSR count). The smallest absolute Gasteiger partial charge is 0.410 e. The highest BCUT2D eigenvalue weighted by Crippen LogP contribution is 2.35. The Morgan fingerprint density at radius 3 is 2.59 bits per heavy atom. The highest BCUT2D eigenvalue weighted by molar-refractivity contribution is 5.69. The molecule has 176 valence electrons. The second-order valence-corrected chi connectivity index (χ2v) is 9.15. The van der Waals surface area contributed by atoms with Crippen LogP contribution < -0.4 is 9.47 Å². The quantitative estimate of drug-likeness (QED) is 0.597. The highest BCUT2D eigenvalue weighted by Gasteiger charge is 2.33. The van der Waals surface area contributed by atoms with Gasteiger partial charge in [-0.15, -0.1) is 0 Å². The molecule has 3 aromatic rings. The van der Waals surface area contributed by atoms with Crippen LogP contribution in [0.1, 0.15) is 18.4 Å². The van der Waals surface area contributed by atoms with Gasteiger partial charge in [-0.25, -0.2) is 4.79 Å². The number of amides is 1. The Labute approximate surface area is 198 Å². The van der Waals surface area contributed by atoms with Crippen molar-refractivity contribution in [2.24, 2.45) is 0 Å². The van der Waals surface area contributed by atoms with E-state index in [0.717, 1.165) is 73.9 Å². The zero-order valence-corrected chi connectivity index (χ0v) is 19.0. The highest BCUT2D eigenvalue weighted by atomic mass is 16.6. The van der Waals surface area contributed by atoms with Gasteiger partial charge in [0.25, 0.3) is 0 Å². The molecule has 1 N–H and O–H groups in total. The fraction of sp³-hybridized carbons (Fsp3) is 0.385. The zero-order valence-electron chi connectivity index (χ0n) is 19.0. The Balaban J connectivity index is 1.02. The SMILES string of the molecule is O=C1OCCN1C1CCN(CC2Cc3ccc(Oc4ccc(-c5ccn[nH]5)cc4)cc3O2)CC1. The van der Waals surface area contributed by atoms with Crippen LogP contribution in [-0.4, -0.2) is 71.0 Å². The van der Waals surface area contributed by atoms with Crippen LogP contribution in [0, 0.1) is 0 Å².